The fraction of sp³-hybridized carbons (Fsp3) is 0.375. The van der Waals surface area contributed by atoms with Gasteiger partial charge in [0.05, 0.1) is 12.6 Å². The van der Waals surface area contributed by atoms with Crippen molar-refractivity contribution in [1.29, 1.82) is 0 Å². The molecule has 0 spiro atoms. The maximum absolute atomic E-state index is 12.2. The van der Waals surface area contributed by atoms with Crippen molar-refractivity contribution in [1.82, 2.24) is 9.69 Å². The molecule has 2 rings (SSSR count). The number of rotatable bonds is 5. The normalized spacial score (nSPS) is 12.0. The van der Waals surface area contributed by atoms with Gasteiger partial charge in [-0.05, 0) is 51.4 Å². The molecule has 1 aromatic carbocycles. The molecule has 1 N–H and O–H groups in total. The van der Waals surface area contributed by atoms with Crippen LogP contribution in [0.3, 0.4) is 0 Å². The van der Waals surface area contributed by atoms with Crippen molar-refractivity contribution < 1.29 is 9.53 Å². The lowest BCUT2D eigenvalue weighted by atomic mass is 10.0. The van der Waals surface area contributed by atoms with Gasteiger partial charge < -0.3 is 10.1 Å². The Bertz CT molecular complexity index is 637. The van der Waals surface area contributed by atoms with Crippen molar-refractivity contribution in [2.75, 3.05) is 6.61 Å². The first kappa shape index (κ1) is 15.5. The van der Waals surface area contributed by atoms with Gasteiger partial charge in [-0.3, -0.25) is 4.79 Å². The fourth-order valence-electron chi connectivity index (χ4n) is 2.11. The van der Waals surface area contributed by atoms with E-state index in [0.29, 0.717) is 12.3 Å². The molecule has 0 bridgehead atoms. The predicted molar refractivity (Wildman–Crippen MR) is 85.1 cm³/mol. The van der Waals surface area contributed by atoms with Gasteiger partial charge in [-0.15, -0.1) is 0 Å². The SMILES string of the molecule is CCOc1ccc(C)cc1C(C)NC(=O)c1cc(C)sn1. The summed E-state index contributed by atoms with van der Waals surface area (Å²) in [6.07, 6.45) is 0. The van der Waals surface area contributed by atoms with Crippen LogP contribution >= 0.6 is 11.5 Å². The lowest BCUT2D eigenvalue weighted by Gasteiger charge is -2.18. The number of amides is 1. The second-order valence-corrected chi connectivity index (χ2v) is 6.00. The van der Waals surface area contributed by atoms with Crippen LogP contribution in [0.4, 0.5) is 0 Å². The summed E-state index contributed by atoms with van der Waals surface area (Å²) in [5, 5.41) is 2.98. The van der Waals surface area contributed by atoms with Crippen LogP contribution < -0.4 is 10.1 Å². The zero-order valence-corrected chi connectivity index (χ0v) is 13.6. The Morgan fingerprint density at radius 3 is 2.76 bits per heavy atom. The number of nitrogens with zero attached hydrogens (tertiary/aromatic N) is 1. The second kappa shape index (κ2) is 6.72. The van der Waals surface area contributed by atoms with Crippen LogP contribution in [0.2, 0.25) is 0 Å². The monoisotopic (exact) mass is 304 g/mol. The highest BCUT2D eigenvalue weighted by Gasteiger charge is 2.17. The van der Waals surface area contributed by atoms with E-state index >= 15 is 0 Å². The molecule has 0 radical (unpaired) electrons. The number of ether oxygens (including phenoxy) is 1. The van der Waals surface area contributed by atoms with Crippen molar-refractivity contribution in [2.24, 2.45) is 0 Å². The van der Waals surface area contributed by atoms with Crippen LogP contribution in [0.1, 0.15) is 46.4 Å². The van der Waals surface area contributed by atoms with Crippen molar-refractivity contribution in [3.05, 3.63) is 46.0 Å². The van der Waals surface area contributed by atoms with Gasteiger partial charge in [-0.2, -0.15) is 4.37 Å². The second-order valence-electron chi connectivity index (χ2n) is 4.99. The molecule has 1 unspecified atom stereocenters. The third-order valence-electron chi connectivity index (χ3n) is 3.14. The standard InChI is InChI=1S/C16H20N2O2S/c1-5-20-15-7-6-10(2)8-13(15)12(4)17-16(19)14-9-11(3)21-18-14/h6-9,12H,5H2,1-4H3,(H,17,19). The number of aryl methyl sites for hydroxylation is 2. The van der Waals surface area contributed by atoms with Crippen molar-refractivity contribution in [3.63, 3.8) is 0 Å². The number of hydrogen-bond donors (Lipinski definition) is 1. The Hall–Kier alpha value is -1.88. The van der Waals surface area contributed by atoms with Crippen molar-refractivity contribution in [2.45, 2.75) is 33.7 Å². The number of benzene rings is 1. The summed E-state index contributed by atoms with van der Waals surface area (Å²) in [6.45, 7) is 8.46. The summed E-state index contributed by atoms with van der Waals surface area (Å²) in [5.41, 5.74) is 2.59. The van der Waals surface area contributed by atoms with Crippen LogP contribution in [0, 0.1) is 13.8 Å². The minimum atomic E-state index is -0.157. The zero-order chi connectivity index (χ0) is 15.4. The van der Waals surface area contributed by atoms with Gasteiger partial charge in [-0.25, -0.2) is 0 Å². The molecular formula is C16H20N2O2S. The maximum Gasteiger partial charge on any atom is 0.271 e. The Labute approximate surface area is 129 Å². The van der Waals surface area contributed by atoms with E-state index in [1.54, 1.807) is 6.07 Å². The number of hydrogen-bond acceptors (Lipinski definition) is 4. The number of nitrogens with one attached hydrogen (secondary N) is 1. The van der Waals surface area contributed by atoms with Crippen molar-refractivity contribution >= 4 is 17.4 Å². The fourth-order valence-corrected chi connectivity index (χ4v) is 2.66. The predicted octanol–water partition coefficient (Wildman–Crippen LogP) is 3.65. The first-order valence-electron chi connectivity index (χ1n) is 6.98. The lowest BCUT2D eigenvalue weighted by molar-refractivity contribution is 0.0935. The largest absolute Gasteiger partial charge is 0.494 e. The summed E-state index contributed by atoms with van der Waals surface area (Å²) < 4.78 is 9.78. The number of carbonyl (C=O) groups excluding carboxylic acids is 1. The third-order valence-corrected chi connectivity index (χ3v) is 3.83. The topological polar surface area (TPSA) is 51.2 Å². The highest BCUT2D eigenvalue weighted by atomic mass is 32.1. The molecule has 0 aliphatic rings. The summed E-state index contributed by atoms with van der Waals surface area (Å²) in [6, 6.07) is 7.66. The van der Waals surface area contributed by atoms with Gasteiger partial charge in [0.25, 0.3) is 5.91 Å². The Kier molecular flexibility index (Phi) is 4.96. The highest BCUT2D eigenvalue weighted by Crippen LogP contribution is 2.26. The molecule has 1 atom stereocenters. The Morgan fingerprint density at radius 1 is 1.38 bits per heavy atom. The van der Waals surface area contributed by atoms with Crippen LogP contribution in [0.15, 0.2) is 24.3 Å². The minimum absolute atomic E-state index is 0.138. The quantitative estimate of drug-likeness (QED) is 0.917. The smallest absolute Gasteiger partial charge is 0.271 e. The average molecular weight is 304 g/mol. The molecule has 0 aliphatic heterocycles. The highest BCUT2D eigenvalue weighted by molar-refractivity contribution is 7.05. The molecule has 1 heterocycles. The van der Waals surface area contributed by atoms with Gasteiger partial charge in [0.15, 0.2) is 0 Å². The van der Waals surface area contributed by atoms with E-state index in [0.717, 1.165) is 21.8 Å². The molecule has 2 aromatic rings. The molecule has 5 heteroatoms. The van der Waals surface area contributed by atoms with Crippen LogP contribution in [-0.4, -0.2) is 16.9 Å². The van der Waals surface area contributed by atoms with Gasteiger partial charge in [0.2, 0.25) is 0 Å². The molecule has 1 amide bonds. The summed E-state index contributed by atoms with van der Waals surface area (Å²) >= 11 is 1.33. The van der Waals surface area contributed by atoms with E-state index in [4.69, 9.17) is 4.74 Å². The van der Waals surface area contributed by atoms with E-state index in [1.807, 2.05) is 45.9 Å². The molecule has 0 saturated carbocycles. The summed E-state index contributed by atoms with van der Waals surface area (Å²) in [7, 11) is 0. The molecule has 0 fully saturated rings. The van der Waals surface area contributed by atoms with Gasteiger partial charge in [0, 0.05) is 10.4 Å². The number of aromatic nitrogens is 1. The van der Waals surface area contributed by atoms with Crippen molar-refractivity contribution in [3.8, 4) is 5.75 Å². The van der Waals surface area contributed by atoms with E-state index in [2.05, 4.69) is 9.69 Å². The van der Waals surface area contributed by atoms with Crippen LogP contribution in [0.25, 0.3) is 0 Å². The van der Waals surface area contributed by atoms with Crippen LogP contribution in [-0.2, 0) is 0 Å². The molecule has 0 aliphatic carbocycles. The first-order valence-corrected chi connectivity index (χ1v) is 7.76. The molecule has 21 heavy (non-hydrogen) atoms. The molecular weight excluding hydrogens is 284 g/mol. The summed E-state index contributed by atoms with van der Waals surface area (Å²) in [4.78, 5) is 13.2. The van der Waals surface area contributed by atoms with E-state index in [1.165, 1.54) is 11.5 Å². The van der Waals surface area contributed by atoms with E-state index < -0.39 is 0 Å². The summed E-state index contributed by atoms with van der Waals surface area (Å²) in [5.74, 6) is 0.654. The van der Waals surface area contributed by atoms with Gasteiger partial charge >= 0.3 is 0 Å². The number of carbonyl (C=O) groups is 1. The Morgan fingerprint density at radius 2 is 2.14 bits per heavy atom. The van der Waals surface area contributed by atoms with Gasteiger partial charge in [-0.1, -0.05) is 17.7 Å². The molecule has 112 valence electrons. The van der Waals surface area contributed by atoms with Gasteiger partial charge in [0.1, 0.15) is 11.4 Å². The minimum Gasteiger partial charge on any atom is -0.494 e. The van der Waals surface area contributed by atoms with Crippen LogP contribution in [0.5, 0.6) is 5.75 Å². The molecule has 0 saturated heterocycles. The molecule has 4 nitrogen and oxygen atoms in total. The molecule has 1 aromatic heterocycles. The maximum atomic E-state index is 12.2. The van der Waals surface area contributed by atoms with E-state index in [9.17, 15) is 4.79 Å². The van der Waals surface area contributed by atoms with E-state index in [-0.39, 0.29) is 11.9 Å². The Balaban J connectivity index is 2.17. The lowest BCUT2D eigenvalue weighted by Crippen LogP contribution is -2.27. The first-order chi connectivity index (χ1) is 10.0. The zero-order valence-electron chi connectivity index (χ0n) is 12.8. The average Bonchev–Trinajstić information content (AvgIpc) is 2.87. The third kappa shape index (κ3) is 3.82.